The van der Waals surface area contributed by atoms with Crippen molar-refractivity contribution in [2.24, 2.45) is 0 Å². The summed E-state index contributed by atoms with van der Waals surface area (Å²) in [5.74, 6) is -0.379. The molecule has 0 aromatic rings. The van der Waals surface area contributed by atoms with Crippen LogP contribution in [0, 0.1) is 0 Å². The van der Waals surface area contributed by atoms with E-state index in [2.05, 4.69) is 13.8 Å². The quantitative estimate of drug-likeness (QED) is 0.0398. The van der Waals surface area contributed by atoms with E-state index in [4.69, 9.17) is 28.4 Å². The van der Waals surface area contributed by atoms with Crippen LogP contribution in [0.25, 0.3) is 0 Å². The smallest absolute Gasteiger partial charge is 0.306 e. The molecule has 2 aliphatic rings. The zero-order valence-electron chi connectivity index (χ0n) is 32.5. The van der Waals surface area contributed by atoms with Crippen molar-refractivity contribution < 1.29 is 69.0 Å². The standard InChI is InChI=1S/C39H74O14/c1-3-5-7-9-11-12-13-14-15-16-17-18-20-22-31(41)51-28(25-48-23-21-19-10-8-6-4-2)26-49-38-37(47)35(45)33(43)30(53-38)27-50-39-36(46)34(44)32(42)29(24-40)52-39/h28-30,32-40,42-47H,3-27H2,1-2H3. The summed E-state index contributed by atoms with van der Waals surface area (Å²) >= 11 is 0. The van der Waals surface area contributed by atoms with Crippen LogP contribution < -0.4 is 0 Å². The average molecular weight is 767 g/mol. The Balaban J connectivity index is 1.82. The van der Waals surface area contributed by atoms with Crippen LogP contribution in [-0.2, 0) is 33.2 Å². The molecule has 0 amide bonds. The van der Waals surface area contributed by atoms with Crippen molar-refractivity contribution in [3.8, 4) is 0 Å². The SMILES string of the molecule is CCCCCCCCCCCCCCCC(=O)OC(COCCCCCCCC)COC1OC(COC2OC(CO)C(O)C(O)C2O)C(O)C(O)C1O. The largest absolute Gasteiger partial charge is 0.457 e. The highest BCUT2D eigenvalue weighted by molar-refractivity contribution is 5.69. The number of rotatable bonds is 31. The molecule has 314 valence electrons. The molecule has 2 saturated heterocycles. The number of carbonyl (C=O) groups excluding carboxylic acids is 1. The zero-order chi connectivity index (χ0) is 38.8. The third kappa shape index (κ3) is 19.1. The van der Waals surface area contributed by atoms with Crippen LogP contribution >= 0.6 is 0 Å². The van der Waals surface area contributed by atoms with E-state index in [0.29, 0.717) is 13.0 Å². The third-order valence-electron chi connectivity index (χ3n) is 10.1. The van der Waals surface area contributed by atoms with Crippen LogP contribution in [0.2, 0.25) is 0 Å². The second kappa shape index (κ2) is 29.3. The lowest BCUT2D eigenvalue weighted by molar-refractivity contribution is -0.332. The first-order valence-corrected chi connectivity index (χ1v) is 20.6. The van der Waals surface area contributed by atoms with Crippen molar-refractivity contribution in [3.63, 3.8) is 0 Å². The van der Waals surface area contributed by atoms with Crippen molar-refractivity contribution in [3.05, 3.63) is 0 Å². The van der Waals surface area contributed by atoms with E-state index in [1.807, 2.05) is 0 Å². The van der Waals surface area contributed by atoms with Gasteiger partial charge < -0.3 is 64.2 Å². The van der Waals surface area contributed by atoms with Crippen LogP contribution in [0.3, 0.4) is 0 Å². The van der Waals surface area contributed by atoms with E-state index in [1.165, 1.54) is 77.0 Å². The summed E-state index contributed by atoms with van der Waals surface area (Å²) in [6.07, 6.45) is 6.36. The van der Waals surface area contributed by atoms with Crippen molar-refractivity contribution in [1.29, 1.82) is 0 Å². The molecule has 53 heavy (non-hydrogen) atoms. The summed E-state index contributed by atoms with van der Waals surface area (Å²) in [5, 5.41) is 71.5. The minimum absolute atomic E-state index is 0.0664. The van der Waals surface area contributed by atoms with Gasteiger partial charge in [0.2, 0.25) is 0 Å². The molecule has 0 radical (unpaired) electrons. The highest BCUT2D eigenvalue weighted by Crippen LogP contribution is 2.26. The van der Waals surface area contributed by atoms with Crippen LogP contribution in [0.5, 0.6) is 0 Å². The Labute approximate surface area is 317 Å². The maximum absolute atomic E-state index is 12.8. The minimum atomic E-state index is -1.70. The highest BCUT2D eigenvalue weighted by atomic mass is 16.7. The Morgan fingerprint density at radius 2 is 1.00 bits per heavy atom. The normalized spacial score (nSPS) is 29.7. The van der Waals surface area contributed by atoms with Gasteiger partial charge in [-0.2, -0.15) is 0 Å². The first-order valence-electron chi connectivity index (χ1n) is 20.6. The number of carbonyl (C=O) groups is 1. The molecule has 0 bridgehead atoms. The predicted octanol–water partition coefficient (Wildman–Crippen LogP) is 3.40. The minimum Gasteiger partial charge on any atom is -0.457 e. The second-order valence-corrected chi connectivity index (χ2v) is 14.8. The summed E-state index contributed by atoms with van der Waals surface area (Å²) in [5.41, 5.74) is 0. The second-order valence-electron chi connectivity index (χ2n) is 14.8. The van der Waals surface area contributed by atoms with Gasteiger partial charge in [-0.15, -0.1) is 0 Å². The molecule has 0 saturated carbocycles. The fourth-order valence-electron chi connectivity index (χ4n) is 6.64. The zero-order valence-corrected chi connectivity index (χ0v) is 32.5. The number of hydrogen-bond acceptors (Lipinski definition) is 14. The lowest BCUT2D eigenvalue weighted by atomic mass is 9.98. The molecule has 0 aromatic heterocycles. The molecule has 7 N–H and O–H groups in total. The Morgan fingerprint density at radius 1 is 0.547 bits per heavy atom. The Bertz CT molecular complexity index is 896. The van der Waals surface area contributed by atoms with Crippen LogP contribution in [0.4, 0.5) is 0 Å². The molecule has 0 spiro atoms. The molecule has 2 heterocycles. The van der Waals surface area contributed by atoms with Crippen LogP contribution in [0.15, 0.2) is 0 Å². The Hall–Kier alpha value is -1.01. The van der Waals surface area contributed by atoms with Gasteiger partial charge in [-0.3, -0.25) is 4.79 Å². The molecule has 14 heteroatoms. The number of unbranched alkanes of at least 4 members (excludes halogenated alkanes) is 17. The number of hydrogen-bond donors (Lipinski definition) is 7. The predicted molar refractivity (Wildman–Crippen MR) is 197 cm³/mol. The summed E-state index contributed by atoms with van der Waals surface area (Å²) in [7, 11) is 0. The van der Waals surface area contributed by atoms with Gasteiger partial charge in [0.1, 0.15) is 54.9 Å². The molecular formula is C39H74O14. The molecule has 2 rings (SSSR count). The van der Waals surface area contributed by atoms with E-state index in [-0.39, 0.29) is 25.6 Å². The third-order valence-corrected chi connectivity index (χ3v) is 10.1. The fraction of sp³-hybridized carbons (Fsp3) is 0.974. The maximum atomic E-state index is 12.8. The van der Waals surface area contributed by atoms with Crippen LogP contribution in [0.1, 0.15) is 142 Å². The maximum Gasteiger partial charge on any atom is 0.306 e. The first kappa shape index (κ1) is 48.1. The van der Waals surface area contributed by atoms with E-state index in [0.717, 1.165) is 38.5 Å². The van der Waals surface area contributed by atoms with Gasteiger partial charge in [0.05, 0.1) is 26.4 Å². The van der Waals surface area contributed by atoms with Gasteiger partial charge in [-0.25, -0.2) is 0 Å². The summed E-state index contributed by atoms with van der Waals surface area (Å²) in [6.45, 7) is 3.62. The van der Waals surface area contributed by atoms with Crippen molar-refractivity contribution >= 4 is 5.97 Å². The molecule has 14 nitrogen and oxygen atoms in total. The molecule has 2 aliphatic heterocycles. The van der Waals surface area contributed by atoms with E-state index in [9.17, 15) is 40.5 Å². The number of aliphatic hydroxyl groups is 7. The monoisotopic (exact) mass is 767 g/mol. The van der Waals surface area contributed by atoms with Gasteiger partial charge in [0.25, 0.3) is 0 Å². The molecule has 2 fully saturated rings. The highest BCUT2D eigenvalue weighted by Gasteiger charge is 2.47. The first-order chi connectivity index (χ1) is 25.6. The van der Waals surface area contributed by atoms with Crippen molar-refractivity contribution in [1.82, 2.24) is 0 Å². The topological polar surface area (TPSA) is 214 Å². The number of esters is 1. The lowest BCUT2D eigenvalue weighted by Crippen LogP contribution is -2.61. The van der Waals surface area contributed by atoms with Crippen LogP contribution in [-0.4, -0.2) is 142 Å². The summed E-state index contributed by atoms with van der Waals surface area (Å²) in [6, 6.07) is 0. The Morgan fingerprint density at radius 3 is 1.53 bits per heavy atom. The van der Waals surface area contributed by atoms with Crippen molar-refractivity contribution in [2.75, 3.05) is 33.0 Å². The van der Waals surface area contributed by atoms with Gasteiger partial charge >= 0.3 is 5.97 Å². The Kier molecular flexibility index (Phi) is 26.6. The van der Waals surface area contributed by atoms with E-state index >= 15 is 0 Å². The lowest BCUT2D eigenvalue weighted by Gasteiger charge is -2.42. The molecule has 0 aliphatic carbocycles. The summed E-state index contributed by atoms with van der Waals surface area (Å²) in [4.78, 5) is 12.8. The molecule has 0 aromatic carbocycles. The van der Waals surface area contributed by atoms with Gasteiger partial charge in [-0.1, -0.05) is 123 Å². The summed E-state index contributed by atoms with van der Waals surface area (Å²) < 4.78 is 33.9. The van der Waals surface area contributed by atoms with Gasteiger partial charge in [0, 0.05) is 13.0 Å². The van der Waals surface area contributed by atoms with Gasteiger partial charge in [-0.05, 0) is 12.8 Å². The number of aliphatic hydroxyl groups excluding tert-OH is 7. The molecule has 11 unspecified atom stereocenters. The van der Waals surface area contributed by atoms with Crippen molar-refractivity contribution in [2.45, 2.75) is 210 Å². The number of ether oxygens (including phenoxy) is 6. The molecule has 11 atom stereocenters. The average Bonchev–Trinajstić information content (AvgIpc) is 3.15. The van der Waals surface area contributed by atoms with E-state index in [1.54, 1.807) is 0 Å². The van der Waals surface area contributed by atoms with E-state index < -0.39 is 80.7 Å². The van der Waals surface area contributed by atoms with Gasteiger partial charge in [0.15, 0.2) is 12.6 Å². The fourth-order valence-corrected chi connectivity index (χ4v) is 6.64. The molecular weight excluding hydrogens is 692 g/mol.